The van der Waals surface area contributed by atoms with E-state index < -0.39 is 11.8 Å². The molecule has 0 fully saturated rings. The van der Waals surface area contributed by atoms with Crippen molar-refractivity contribution in [2.45, 2.75) is 0 Å². The SMILES string of the molecule is O=C(O)c1ccc(OCCBr)c(F)c1. The third-order valence-corrected chi connectivity index (χ3v) is 1.84. The number of carbonyl (C=O) groups is 1. The molecule has 1 N–H and O–H groups in total. The molecule has 5 heteroatoms. The van der Waals surface area contributed by atoms with E-state index in [0.29, 0.717) is 11.9 Å². The molecule has 0 aromatic heterocycles. The Balaban J connectivity index is 2.84. The van der Waals surface area contributed by atoms with E-state index in [0.717, 1.165) is 6.07 Å². The highest BCUT2D eigenvalue weighted by Gasteiger charge is 2.08. The van der Waals surface area contributed by atoms with Crippen LogP contribution in [0.1, 0.15) is 10.4 Å². The molecule has 0 unspecified atom stereocenters. The quantitative estimate of drug-likeness (QED) is 0.848. The first-order valence-electron chi connectivity index (χ1n) is 3.86. The van der Waals surface area contributed by atoms with E-state index in [1.54, 1.807) is 0 Å². The fourth-order valence-corrected chi connectivity index (χ4v) is 1.06. The molecule has 0 aliphatic heterocycles. The first kappa shape index (κ1) is 11.0. The van der Waals surface area contributed by atoms with Gasteiger partial charge in [0.15, 0.2) is 11.6 Å². The zero-order valence-corrected chi connectivity index (χ0v) is 8.75. The van der Waals surface area contributed by atoms with E-state index in [4.69, 9.17) is 9.84 Å². The highest BCUT2D eigenvalue weighted by molar-refractivity contribution is 9.09. The first-order chi connectivity index (χ1) is 6.65. The van der Waals surface area contributed by atoms with Gasteiger partial charge in [-0.1, -0.05) is 15.9 Å². The Labute approximate surface area is 88.6 Å². The van der Waals surface area contributed by atoms with Crippen LogP contribution in [0.3, 0.4) is 0 Å². The van der Waals surface area contributed by atoms with Crippen molar-refractivity contribution < 1.29 is 19.0 Å². The lowest BCUT2D eigenvalue weighted by atomic mass is 10.2. The van der Waals surface area contributed by atoms with Crippen LogP contribution in [-0.4, -0.2) is 23.0 Å². The number of ether oxygens (including phenoxy) is 1. The normalized spacial score (nSPS) is 9.86. The molecule has 0 aliphatic rings. The van der Waals surface area contributed by atoms with Gasteiger partial charge in [-0.25, -0.2) is 9.18 Å². The van der Waals surface area contributed by atoms with Crippen LogP contribution in [0.25, 0.3) is 0 Å². The van der Waals surface area contributed by atoms with Crippen LogP contribution in [0.5, 0.6) is 5.75 Å². The van der Waals surface area contributed by atoms with Crippen LogP contribution in [0.4, 0.5) is 4.39 Å². The third kappa shape index (κ3) is 2.70. The fraction of sp³-hybridized carbons (Fsp3) is 0.222. The third-order valence-electron chi connectivity index (χ3n) is 1.51. The van der Waals surface area contributed by atoms with Crippen molar-refractivity contribution in [3.05, 3.63) is 29.6 Å². The van der Waals surface area contributed by atoms with Crippen molar-refractivity contribution in [1.29, 1.82) is 0 Å². The summed E-state index contributed by atoms with van der Waals surface area (Å²) in [6.07, 6.45) is 0. The molecule has 1 aromatic carbocycles. The van der Waals surface area contributed by atoms with E-state index in [1.807, 2.05) is 0 Å². The van der Waals surface area contributed by atoms with Gasteiger partial charge in [0.25, 0.3) is 0 Å². The van der Waals surface area contributed by atoms with Gasteiger partial charge >= 0.3 is 5.97 Å². The lowest BCUT2D eigenvalue weighted by molar-refractivity contribution is 0.0696. The van der Waals surface area contributed by atoms with E-state index in [2.05, 4.69) is 15.9 Å². The molecule has 0 aliphatic carbocycles. The molecular weight excluding hydrogens is 255 g/mol. The lowest BCUT2D eigenvalue weighted by Gasteiger charge is -2.05. The summed E-state index contributed by atoms with van der Waals surface area (Å²) in [7, 11) is 0. The second-order valence-electron chi connectivity index (χ2n) is 2.49. The molecule has 0 spiro atoms. The van der Waals surface area contributed by atoms with Crippen LogP contribution in [-0.2, 0) is 0 Å². The standard InChI is InChI=1S/C9H8BrFO3/c10-3-4-14-8-2-1-6(9(12)13)5-7(8)11/h1-2,5H,3-4H2,(H,12,13). The maximum absolute atomic E-state index is 13.1. The average Bonchev–Trinajstić information content (AvgIpc) is 2.15. The molecule has 1 rings (SSSR count). The van der Waals surface area contributed by atoms with Crippen molar-refractivity contribution >= 4 is 21.9 Å². The summed E-state index contributed by atoms with van der Waals surface area (Å²) in [5, 5.41) is 9.15. The summed E-state index contributed by atoms with van der Waals surface area (Å²) in [6.45, 7) is 0.337. The van der Waals surface area contributed by atoms with Crippen LogP contribution in [0, 0.1) is 5.82 Å². The van der Waals surface area contributed by atoms with Crippen LogP contribution < -0.4 is 4.74 Å². The molecule has 14 heavy (non-hydrogen) atoms. The lowest BCUT2D eigenvalue weighted by Crippen LogP contribution is -2.02. The van der Waals surface area contributed by atoms with Gasteiger partial charge in [-0.2, -0.15) is 0 Å². The fourth-order valence-electron chi connectivity index (χ4n) is 0.899. The van der Waals surface area contributed by atoms with Gasteiger partial charge in [0.1, 0.15) is 0 Å². The molecular formula is C9H8BrFO3. The average molecular weight is 263 g/mol. The highest BCUT2D eigenvalue weighted by Crippen LogP contribution is 2.18. The number of hydrogen-bond donors (Lipinski definition) is 1. The molecule has 0 atom stereocenters. The van der Waals surface area contributed by atoms with Gasteiger partial charge < -0.3 is 9.84 Å². The Morgan fingerprint density at radius 3 is 2.79 bits per heavy atom. The number of rotatable bonds is 4. The molecule has 1 aromatic rings. The summed E-state index contributed by atoms with van der Waals surface area (Å²) < 4.78 is 18.1. The number of carboxylic acids is 1. The smallest absolute Gasteiger partial charge is 0.335 e. The summed E-state index contributed by atoms with van der Waals surface area (Å²) in [4.78, 5) is 10.5. The van der Waals surface area contributed by atoms with Crippen molar-refractivity contribution in [2.75, 3.05) is 11.9 Å². The second-order valence-corrected chi connectivity index (χ2v) is 3.28. The summed E-state index contributed by atoms with van der Waals surface area (Å²) >= 11 is 3.13. The number of hydrogen-bond acceptors (Lipinski definition) is 2. The molecule has 0 heterocycles. The number of aromatic carboxylic acids is 1. The minimum absolute atomic E-state index is 0.0643. The van der Waals surface area contributed by atoms with Gasteiger partial charge in [0.05, 0.1) is 12.2 Å². The Kier molecular flexibility index (Phi) is 3.88. The molecule has 3 nitrogen and oxygen atoms in total. The number of alkyl halides is 1. The monoisotopic (exact) mass is 262 g/mol. The van der Waals surface area contributed by atoms with E-state index >= 15 is 0 Å². The van der Waals surface area contributed by atoms with Gasteiger partial charge in [-0.15, -0.1) is 0 Å². The number of benzene rings is 1. The highest BCUT2D eigenvalue weighted by atomic mass is 79.9. The van der Waals surface area contributed by atoms with Crippen LogP contribution in [0.2, 0.25) is 0 Å². The predicted molar refractivity (Wildman–Crippen MR) is 52.6 cm³/mol. The maximum Gasteiger partial charge on any atom is 0.335 e. The van der Waals surface area contributed by atoms with Gasteiger partial charge in [0, 0.05) is 5.33 Å². The topological polar surface area (TPSA) is 46.5 Å². The van der Waals surface area contributed by atoms with E-state index in [9.17, 15) is 9.18 Å². The van der Waals surface area contributed by atoms with Crippen molar-refractivity contribution in [1.82, 2.24) is 0 Å². The minimum atomic E-state index is -1.16. The van der Waals surface area contributed by atoms with Gasteiger partial charge in [-0.05, 0) is 18.2 Å². The maximum atomic E-state index is 13.1. The zero-order chi connectivity index (χ0) is 10.6. The number of carboxylic acid groups (broad SMARTS) is 1. The first-order valence-corrected chi connectivity index (χ1v) is 4.99. The summed E-state index contributed by atoms with van der Waals surface area (Å²) in [5.41, 5.74) is -0.0892. The molecule has 0 bridgehead atoms. The summed E-state index contributed by atoms with van der Waals surface area (Å²) in [5.74, 6) is -1.75. The Morgan fingerprint density at radius 2 is 2.29 bits per heavy atom. The zero-order valence-electron chi connectivity index (χ0n) is 7.17. The Morgan fingerprint density at radius 1 is 1.57 bits per heavy atom. The van der Waals surface area contributed by atoms with Crippen molar-refractivity contribution in [2.24, 2.45) is 0 Å². The molecule has 76 valence electrons. The molecule has 0 saturated carbocycles. The van der Waals surface area contributed by atoms with E-state index in [1.165, 1.54) is 12.1 Å². The van der Waals surface area contributed by atoms with E-state index in [-0.39, 0.29) is 11.3 Å². The van der Waals surface area contributed by atoms with Crippen molar-refractivity contribution in [3.63, 3.8) is 0 Å². The Bertz CT molecular complexity index is 341. The Hall–Kier alpha value is -1.10. The number of halogens is 2. The van der Waals surface area contributed by atoms with Crippen molar-refractivity contribution in [3.8, 4) is 5.75 Å². The van der Waals surface area contributed by atoms with Gasteiger partial charge in [-0.3, -0.25) is 0 Å². The molecule has 0 saturated heterocycles. The summed E-state index contributed by atoms with van der Waals surface area (Å²) in [6, 6.07) is 3.54. The van der Waals surface area contributed by atoms with Crippen LogP contribution >= 0.6 is 15.9 Å². The molecule has 0 radical (unpaired) electrons. The second kappa shape index (κ2) is 4.95. The van der Waals surface area contributed by atoms with Crippen LogP contribution in [0.15, 0.2) is 18.2 Å². The largest absolute Gasteiger partial charge is 0.490 e. The minimum Gasteiger partial charge on any atom is -0.490 e. The molecule has 0 amide bonds. The van der Waals surface area contributed by atoms with Gasteiger partial charge in [0.2, 0.25) is 0 Å². The predicted octanol–water partition coefficient (Wildman–Crippen LogP) is 2.30.